The molecule has 0 saturated carbocycles. The zero-order chi connectivity index (χ0) is 14.0. The smallest absolute Gasteiger partial charge is 0.141 e. The van der Waals surface area contributed by atoms with Crippen LogP contribution in [0, 0.1) is 19.3 Å². The Bertz CT molecular complexity index is 638. The molecule has 0 saturated heterocycles. The van der Waals surface area contributed by atoms with Gasteiger partial charge in [-0.3, -0.25) is 5.41 Å². The highest BCUT2D eigenvalue weighted by molar-refractivity contribution is 9.10. The monoisotopic (exact) mass is 318 g/mol. The number of rotatable bonds is 3. The van der Waals surface area contributed by atoms with E-state index in [0.29, 0.717) is 17.1 Å². The first-order chi connectivity index (χ1) is 8.99. The van der Waals surface area contributed by atoms with Gasteiger partial charge in [0, 0.05) is 0 Å². The molecule has 98 valence electrons. The van der Waals surface area contributed by atoms with E-state index >= 15 is 0 Å². The van der Waals surface area contributed by atoms with Gasteiger partial charge in [-0.05, 0) is 59.1 Å². The lowest BCUT2D eigenvalue weighted by Crippen LogP contribution is -2.12. The lowest BCUT2D eigenvalue weighted by atomic mass is 10.1. The van der Waals surface area contributed by atoms with Gasteiger partial charge in [0.05, 0.1) is 10.0 Å². The molecule has 19 heavy (non-hydrogen) atoms. The second-order valence-electron chi connectivity index (χ2n) is 4.40. The molecule has 2 rings (SSSR count). The summed E-state index contributed by atoms with van der Waals surface area (Å²) in [6.07, 6.45) is 0. The molecule has 0 atom stereocenters. The van der Waals surface area contributed by atoms with Crippen molar-refractivity contribution in [2.75, 3.05) is 0 Å². The van der Waals surface area contributed by atoms with Crippen molar-refractivity contribution < 1.29 is 4.74 Å². The van der Waals surface area contributed by atoms with Gasteiger partial charge in [-0.25, -0.2) is 0 Å². The minimum absolute atomic E-state index is 0.00179. The largest absolute Gasteiger partial charge is 0.455 e. The summed E-state index contributed by atoms with van der Waals surface area (Å²) in [5.41, 5.74) is 8.29. The minimum atomic E-state index is 0.00179. The second kappa shape index (κ2) is 5.45. The van der Waals surface area contributed by atoms with Crippen molar-refractivity contribution in [3.63, 3.8) is 0 Å². The quantitative estimate of drug-likeness (QED) is 0.660. The van der Waals surface area contributed by atoms with Crippen LogP contribution in [0.3, 0.4) is 0 Å². The van der Waals surface area contributed by atoms with Crippen LogP contribution in [0.1, 0.15) is 16.7 Å². The van der Waals surface area contributed by atoms with E-state index in [2.05, 4.69) is 15.9 Å². The maximum atomic E-state index is 7.61. The molecule has 0 radical (unpaired) electrons. The van der Waals surface area contributed by atoms with Crippen LogP contribution in [0.15, 0.2) is 40.9 Å². The third-order valence-electron chi connectivity index (χ3n) is 2.80. The molecule has 0 fully saturated rings. The van der Waals surface area contributed by atoms with Crippen molar-refractivity contribution in [2.24, 2.45) is 5.73 Å². The van der Waals surface area contributed by atoms with Crippen molar-refractivity contribution in [3.8, 4) is 11.5 Å². The van der Waals surface area contributed by atoms with Gasteiger partial charge in [0.1, 0.15) is 17.3 Å². The van der Waals surface area contributed by atoms with E-state index in [0.717, 1.165) is 15.6 Å². The van der Waals surface area contributed by atoms with Crippen molar-refractivity contribution in [2.45, 2.75) is 13.8 Å². The number of para-hydroxylation sites is 1. The van der Waals surface area contributed by atoms with Crippen LogP contribution in [0.5, 0.6) is 11.5 Å². The van der Waals surface area contributed by atoms with Gasteiger partial charge in [-0.2, -0.15) is 0 Å². The van der Waals surface area contributed by atoms with Gasteiger partial charge in [-0.1, -0.05) is 18.2 Å². The van der Waals surface area contributed by atoms with Crippen molar-refractivity contribution in [1.29, 1.82) is 5.41 Å². The van der Waals surface area contributed by atoms with Crippen LogP contribution in [-0.2, 0) is 0 Å². The van der Waals surface area contributed by atoms with Crippen LogP contribution in [0.2, 0.25) is 0 Å². The normalized spacial score (nSPS) is 10.3. The van der Waals surface area contributed by atoms with E-state index < -0.39 is 0 Å². The average Bonchev–Trinajstić information content (AvgIpc) is 2.34. The van der Waals surface area contributed by atoms with Gasteiger partial charge in [0.2, 0.25) is 0 Å². The van der Waals surface area contributed by atoms with Crippen LogP contribution in [0.25, 0.3) is 0 Å². The summed E-state index contributed by atoms with van der Waals surface area (Å²) in [4.78, 5) is 0. The SMILES string of the molecule is Cc1ccc(Oc2c(C)cccc2C(=N)N)c(Br)c1. The molecule has 0 heterocycles. The van der Waals surface area contributed by atoms with Crippen LogP contribution < -0.4 is 10.5 Å². The lowest BCUT2D eigenvalue weighted by Gasteiger charge is -2.14. The average molecular weight is 319 g/mol. The molecule has 2 aromatic rings. The number of nitrogen functional groups attached to an aromatic ring is 1. The first-order valence-electron chi connectivity index (χ1n) is 5.87. The number of hydrogen-bond donors (Lipinski definition) is 2. The molecule has 0 aliphatic rings. The number of benzene rings is 2. The van der Waals surface area contributed by atoms with Gasteiger partial charge >= 0.3 is 0 Å². The van der Waals surface area contributed by atoms with E-state index in [1.54, 1.807) is 6.07 Å². The maximum absolute atomic E-state index is 7.61. The van der Waals surface area contributed by atoms with Crippen LogP contribution in [0.4, 0.5) is 0 Å². The fourth-order valence-corrected chi connectivity index (χ4v) is 2.37. The fraction of sp³-hybridized carbons (Fsp3) is 0.133. The Kier molecular flexibility index (Phi) is 3.90. The first-order valence-corrected chi connectivity index (χ1v) is 6.66. The number of nitrogens with two attached hydrogens (primary N) is 1. The third-order valence-corrected chi connectivity index (χ3v) is 3.42. The predicted molar refractivity (Wildman–Crippen MR) is 81.1 cm³/mol. The molecule has 0 spiro atoms. The van der Waals surface area contributed by atoms with E-state index in [-0.39, 0.29) is 5.84 Å². The zero-order valence-electron chi connectivity index (χ0n) is 10.8. The molecule has 0 amide bonds. The number of halogens is 1. The minimum Gasteiger partial charge on any atom is -0.455 e. The van der Waals surface area contributed by atoms with Gasteiger partial charge in [0.25, 0.3) is 0 Å². The van der Waals surface area contributed by atoms with Gasteiger partial charge in [-0.15, -0.1) is 0 Å². The molecule has 0 aromatic heterocycles. The third kappa shape index (κ3) is 2.96. The first kappa shape index (κ1) is 13.6. The molecular formula is C15H15BrN2O. The van der Waals surface area contributed by atoms with E-state index in [4.69, 9.17) is 15.9 Å². The molecule has 0 bridgehead atoms. The number of hydrogen-bond acceptors (Lipinski definition) is 2. The van der Waals surface area contributed by atoms with Gasteiger partial charge < -0.3 is 10.5 Å². The number of nitrogens with one attached hydrogen (secondary N) is 1. The summed E-state index contributed by atoms with van der Waals surface area (Å²) in [7, 11) is 0. The molecule has 0 aliphatic heterocycles. The molecule has 4 heteroatoms. The summed E-state index contributed by atoms with van der Waals surface area (Å²) >= 11 is 3.48. The maximum Gasteiger partial charge on any atom is 0.141 e. The highest BCUT2D eigenvalue weighted by Crippen LogP contribution is 2.33. The Morgan fingerprint density at radius 2 is 1.95 bits per heavy atom. The molecule has 0 aliphatic carbocycles. The second-order valence-corrected chi connectivity index (χ2v) is 5.26. The highest BCUT2D eigenvalue weighted by atomic mass is 79.9. The van der Waals surface area contributed by atoms with Crippen molar-refractivity contribution >= 4 is 21.8 Å². The molecular weight excluding hydrogens is 304 g/mol. The lowest BCUT2D eigenvalue weighted by molar-refractivity contribution is 0.474. The van der Waals surface area contributed by atoms with Crippen LogP contribution >= 0.6 is 15.9 Å². The molecule has 2 aromatic carbocycles. The number of ether oxygens (including phenoxy) is 1. The van der Waals surface area contributed by atoms with Crippen molar-refractivity contribution in [1.82, 2.24) is 0 Å². The summed E-state index contributed by atoms with van der Waals surface area (Å²) in [5, 5.41) is 7.61. The van der Waals surface area contributed by atoms with E-state index in [1.165, 1.54) is 0 Å². The summed E-state index contributed by atoms with van der Waals surface area (Å²) in [6, 6.07) is 11.4. The van der Waals surface area contributed by atoms with E-state index in [1.807, 2.05) is 44.2 Å². The Morgan fingerprint density at radius 1 is 1.21 bits per heavy atom. The zero-order valence-corrected chi connectivity index (χ0v) is 12.4. The fourth-order valence-electron chi connectivity index (χ4n) is 1.80. The van der Waals surface area contributed by atoms with Crippen molar-refractivity contribution in [3.05, 3.63) is 57.6 Å². The highest BCUT2D eigenvalue weighted by Gasteiger charge is 2.12. The van der Waals surface area contributed by atoms with Crippen LogP contribution in [-0.4, -0.2) is 5.84 Å². The predicted octanol–water partition coefficient (Wildman–Crippen LogP) is 4.14. The Balaban J connectivity index is 2.46. The summed E-state index contributed by atoms with van der Waals surface area (Å²) < 4.78 is 6.80. The number of amidine groups is 1. The van der Waals surface area contributed by atoms with Gasteiger partial charge in [0.15, 0.2) is 0 Å². The number of aryl methyl sites for hydroxylation is 2. The molecule has 3 N–H and O–H groups in total. The molecule has 3 nitrogen and oxygen atoms in total. The topological polar surface area (TPSA) is 59.1 Å². The molecule has 0 unspecified atom stereocenters. The Labute approximate surface area is 121 Å². The standard InChI is InChI=1S/C15H15BrN2O/c1-9-6-7-13(12(16)8-9)19-14-10(2)4-3-5-11(14)15(17)18/h3-8H,1-2H3,(H3,17,18). The Hall–Kier alpha value is -1.81. The summed E-state index contributed by atoms with van der Waals surface area (Å²) in [6.45, 7) is 3.95. The van der Waals surface area contributed by atoms with E-state index in [9.17, 15) is 0 Å². The Morgan fingerprint density at radius 3 is 2.58 bits per heavy atom. The summed E-state index contributed by atoms with van der Waals surface area (Å²) in [5.74, 6) is 1.34.